The zero-order chi connectivity index (χ0) is 13.5. The van der Waals surface area contributed by atoms with Crippen molar-refractivity contribution in [3.63, 3.8) is 0 Å². The summed E-state index contributed by atoms with van der Waals surface area (Å²) in [7, 11) is 0. The van der Waals surface area contributed by atoms with Gasteiger partial charge in [-0.2, -0.15) is 0 Å². The smallest absolute Gasteiger partial charge is 0.166 e. The summed E-state index contributed by atoms with van der Waals surface area (Å²) in [5.41, 5.74) is 2.09. The molecule has 0 aromatic heterocycles. The van der Waals surface area contributed by atoms with Gasteiger partial charge in [0.2, 0.25) is 0 Å². The van der Waals surface area contributed by atoms with Crippen LogP contribution in [0.4, 0.5) is 0 Å². The molecule has 0 radical (unpaired) electrons. The summed E-state index contributed by atoms with van der Waals surface area (Å²) in [4.78, 5) is 12.1. The Bertz CT molecular complexity index is 401. The van der Waals surface area contributed by atoms with Crippen molar-refractivity contribution >= 4 is 21.7 Å². The van der Waals surface area contributed by atoms with Crippen LogP contribution in [0.25, 0.3) is 0 Å². The summed E-state index contributed by atoms with van der Waals surface area (Å²) >= 11 is 3.47. The predicted molar refractivity (Wildman–Crippen MR) is 77.8 cm³/mol. The molecule has 0 aliphatic heterocycles. The first-order chi connectivity index (χ1) is 8.60. The third kappa shape index (κ3) is 4.21. The number of benzene rings is 1. The fourth-order valence-electron chi connectivity index (χ4n) is 1.82. The van der Waals surface area contributed by atoms with Crippen molar-refractivity contribution in [2.45, 2.75) is 46.1 Å². The lowest BCUT2D eigenvalue weighted by molar-refractivity contribution is -0.131. The lowest BCUT2D eigenvalue weighted by Gasteiger charge is -2.17. The summed E-state index contributed by atoms with van der Waals surface area (Å²) in [6.07, 6.45) is 1.95. The van der Waals surface area contributed by atoms with Gasteiger partial charge in [0.15, 0.2) is 5.78 Å². The van der Waals surface area contributed by atoms with Crippen molar-refractivity contribution in [2.24, 2.45) is 0 Å². The molecule has 1 unspecified atom stereocenters. The van der Waals surface area contributed by atoms with Crippen molar-refractivity contribution in [2.75, 3.05) is 6.61 Å². The highest BCUT2D eigenvalue weighted by Gasteiger charge is 2.20. The van der Waals surface area contributed by atoms with Crippen LogP contribution in [0.15, 0.2) is 22.7 Å². The summed E-state index contributed by atoms with van der Waals surface area (Å²) < 4.78 is 6.78. The molecule has 0 spiro atoms. The Morgan fingerprint density at radius 3 is 2.61 bits per heavy atom. The van der Waals surface area contributed by atoms with Crippen LogP contribution in [0.1, 0.15) is 50.3 Å². The molecule has 1 rings (SSSR count). The van der Waals surface area contributed by atoms with E-state index < -0.39 is 6.10 Å². The molecule has 0 heterocycles. The topological polar surface area (TPSA) is 26.3 Å². The number of aryl methyl sites for hydroxylation is 1. The molecule has 3 heteroatoms. The van der Waals surface area contributed by atoms with E-state index in [-0.39, 0.29) is 5.78 Å². The van der Waals surface area contributed by atoms with E-state index in [1.54, 1.807) is 0 Å². The number of rotatable bonds is 7. The molecule has 0 fully saturated rings. The molecule has 1 aromatic carbocycles. The normalized spacial score (nSPS) is 12.4. The van der Waals surface area contributed by atoms with Crippen molar-refractivity contribution < 1.29 is 9.53 Å². The van der Waals surface area contributed by atoms with E-state index >= 15 is 0 Å². The first-order valence-electron chi connectivity index (χ1n) is 6.50. The molecule has 0 saturated carbocycles. The van der Waals surface area contributed by atoms with Crippen LogP contribution in [0.2, 0.25) is 0 Å². The Balaban J connectivity index is 2.93. The largest absolute Gasteiger partial charge is 0.366 e. The Labute approximate surface area is 118 Å². The van der Waals surface area contributed by atoms with Gasteiger partial charge < -0.3 is 4.74 Å². The zero-order valence-corrected chi connectivity index (χ0v) is 12.9. The van der Waals surface area contributed by atoms with Crippen LogP contribution in [0.3, 0.4) is 0 Å². The molecular weight excluding hydrogens is 292 g/mol. The highest BCUT2D eigenvalue weighted by atomic mass is 79.9. The molecule has 0 aliphatic rings. The fraction of sp³-hybridized carbons (Fsp3) is 0.533. The molecule has 0 aliphatic carbocycles. The maximum atomic E-state index is 12.1. The molecule has 2 nitrogen and oxygen atoms in total. The van der Waals surface area contributed by atoms with Crippen molar-refractivity contribution in [3.8, 4) is 0 Å². The average Bonchev–Trinajstić information content (AvgIpc) is 2.34. The number of Topliss-reactive ketones (excluding diaryl/α,β-unsaturated/α-hetero) is 1. The van der Waals surface area contributed by atoms with Crippen LogP contribution < -0.4 is 0 Å². The first-order valence-corrected chi connectivity index (χ1v) is 7.29. The average molecular weight is 313 g/mol. The van der Waals surface area contributed by atoms with Gasteiger partial charge >= 0.3 is 0 Å². The monoisotopic (exact) mass is 312 g/mol. The second-order valence-electron chi connectivity index (χ2n) is 4.48. The molecular formula is C15H21BrO2. The van der Waals surface area contributed by atoms with Gasteiger partial charge in [-0.05, 0) is 37.0 Å². The minimum absolute atomic E-state index is 0.174. The molecule has 0 saturated heterocycles. The standard InChI is InChI=1S/C15H21BrO2/c1-4-6-14(17)15(18-9-5-2)12-7-8-13(16)11(3)10-12/h7-8,10,15H,4-6,9H2,1-3H3. The van der Waals surface area contributed by atoms with Gasteiger partial charge in [-0.3, -0.25) is 4.79 Å². The summed E-state index contributed by atoms with van der Waals surface area (Å²) in [5.74, 6) is 0.174. The summed E-state index contributed by atoms with van der Waals surface area (Å²) in [6.45, 7) is 6.71. The second kappa shape index (κ2) is 7.70. The maximum Gasteiger partial charge on any atom is 0.166 e. The minimum atomic E-state index is -0.406. The van der Waals surface area contributed by atoms with Gasteiger partial charge in [0, 0.05) is 17.5 Å². The number of hydrogen-bond donors (Lipinski definition) is 0. The molecule has 1 aromatic rings. The number of halogens is 1. The second-order valence-corrected chi connectivity index (χ2v) is 5.33. The minimum Gasteiger partial charge on any atom is -0.366 e. The third-order valence-electron chi connectivity index (χ3n) is 2.76. The van der Waals surface area contributed by atoms with Gasteiger partial charge in [-0.15, -0.1) is 0 Å². The molecule has 18 heavy (non-hydrogen) atoms. The zero-order valence-electron chi connectivity index (χ0n) is 11.3. The van der Waals surface area contributed by atoms with E-state index in [2.05, 4.69) is 15.9 Å². The lowest BCUT2D eigenvalue weighted by atomic mass is 10.0. The number of carbonyl (C=O) groups is 1. The predicted octanol–water partition coefficient (Wildman–Crippen LogP) is 4.59. The van der Waals surface area contributed by atoms with E-state index in [0.717, 1.165) is 28.4 Å². The van der Waals surface area contributed by atoms with E-state index in [9.17, 15) is 4.79 Å². The number of hydrogen-bond acceptors (Lipinski definition) is 2. The molecule has 0 amide bonds. The Hall–Kier alpha value is -0.670. The van der Waals surface area contributed by atoms with E-state index in [1.165, 1.54) is 0 Å². The van der Waals surface area contributed by atoms with Crippen molar-refractivity contribution in [1.82, 2.24) is 0 Å². The highest BCUT2D eigenvalue weighted by Crippen LogP contribution is 2.25. The van der Waals surface area contributed by atoms with Crippen LogP contribution in [0.5, 0.6) is 0 Å². The molecule has 0 N–H and O–H groups in total. The quantitative estimate of drug-likeness (QED) is 0.735. The Morgan fingerprint density at radius 1 is 1.33 bits per heavy atom. The third-order valence-corrected chi connectivity index (χ3v) is 3.65. The molecule has 100 valence electrons. The van der Waals surface area contributed by atoms with Gasteiger partial charge in [0.1, 0.15) is 6.10 Å². The van der Waals surface area contributed by atoms with Gasteiger partial charge in [0.05, 0.1) is 0 Å². The first kappa shape index (κ1) is 15.4. The fourth-order valence-corrected chi connectivity index (χ4v) is 2.07. The van der Waals surface area contributed by atoms with Crippen LogP contribution in [-0.2, 0) is 9.53 Å². The lowest BCUT2D eigenvalue weighted by Crippen LogP contribution is -2.16. The highest BCUT2D eigenvalue weighted by molar-refractivity contribution is 9.10. The Kier molecular flexibility index (Phi) is 6.58. The molecule has 1 atom stereocenters. The van der Waals surface area contributed by atoms with Crippen LogP contribution in [0, 0.1) is 6.92 Å². The van der Waals surface area contributed by atoms with Crippen molar-refractivity contribution in [1.29, 1.82) is 0 Å². The summed E-state index contributed by atoms with van der Waals surface area (Å²) in [5, 5.41) is 0. The van der Waals surface area contributed by atoms with Crippen LogP contribution in [-0.4, -0.2) is 12.4 Å². The Morgan fingerprint density at radius 2 is 2.06 bits per heavy atom. The molecule has 0 bridgehead atoms. The number of ketones is 1. The van der Waals surface area contributed by atoms with Gasteiger partial charge in [-0.1, -0.05) is 41.9 Å². The van der Waals surface area contributed by atoms with E-state index in [1.807, 2.05) is 39.0 Å². The van der Waals surface area contributed by atoms with Crippen molar-refractivity contribution in [3.05, 3.63) is 33.8 Å². The van der Waals surface area contributed by atoms with E-state index in [4.69, 9.17) is 4.74 Å². The number of carbonyl (C=O) groups excluding carboxylic acids is 1. The maximum absolute atomic E-state index is 12.1. The van der Waals surface area contributed by atoms with Crippen LogP contribution >= 0.6 is 15.9 Å². The van der Waals surface area contributed by atoms with Gasteiger partial charge in [-0.25, -0.2) is 0 Å². The summed E-state index contributed by atoms with van der Waals surface area (Å²) in [6, 6.07) is 5.97. The number of ether oxygens (including phenoxy) is 1. The SMILES string of the molecule is CCCOC(C(=O)CCC)c1ccc(Br)c(C)c1. The van der Waals surface area contributed by atoms with E-state index in [0.29, 0.717) is 13.0 Å². The van der Waals surface area contributed by atoms with Gasteiger partial charge in [0.25, 0.3) is 0 Å².